The average Bonchev–Trinajstić information content (AvgIpc) is 3.10. The van der Waals surface area contributed by atoms with E-state index in [4.69, 9.17) is 15.6 Å². The highest BCUT2D eigenvalue weighted by molar-refractivity contribution is 9.12. The molecular formula is C25H21BrN2O7. The second-order valence-electron chi connectivity index (χ2n) is 8.88. The highest BCUT2D eigenvalue weighted by Crippen LogP contribution is 2.55. The molecule has 4 amide bonds. The van der Waals surface area contributed by atoms with Crippen molar-refractivity contribution in [3.8, 4) is 5.75 Å². The third-order valence-corrected chi connectivity index (χ3v) is 7.71. The van der Waals surface area contributed by atoms with Crippen molar-refractivity contribution in [1.29, 1.82) is 0 Å². The number of aliphatic hydroxyl groups is 1. The second-order valence-corrected chi connectivity index (χ2v) is 9.74. The maximum Gasteiger partial charge on any atom is 0.328 e. The van der Waals surface area contributed by atoms with Crippen LogP contribution in [-0.4, -0.2) is 52.6 Å². The predicted octanol–water partition coefficient (Wildman–Crippen LogP) is 1.90. The fraction of sp³-hybridized carbons (Fsp3) is 0.320. The van der Waals surface area contributed by atoms with Gasteiger partial charge >= 0.3 is 6.03 Å². The number of nitrogens with two attached hydrogens (primary N) is 1. The van der Waals surface area contributed by atoms with Gasteiger partial charge in [0.05, 0.1) is 22.9 Å². The van der Waals surface area contributed by atoms with E-state index >= 15 is 0 Å². The number of carbonyl (C=O) groups is 5. The number of benzene rings is 1. The summed E-state index contributed by atoms with van der Waals surface area (Å²) in [5.74, 6) is -4.12. The van der Waals surface area contributed by atoms with Crippen molar-refractivity contribution in [3.05, 3.63) is 63.2 Å². The molecule has 1 aliphatic heterocycles. The van der Waals surface area contributed by atoms with E-state index in [1.54, 1.807) is 24.3 Å². The summed E-state index contributed by atoms with van der Waals surface area (Å²) in [5.41, 5.74) is 7.46. The molecule has 4 unspecified atom stereocenters. The number of imide groups is 3. The highest BCUT2D eigenvalue weighted by Gasteiger charge is 2.57. The SMILES string of the molecule is NC(=O)N1C(=O)C2CC=C3C(c4ccc(OCCO)cc4)C4=C(CC3C2C1=O)C(=O)C(Br)=CC4=O. The first-order valence-corrected chi connectivity index (χ1v) is 11.9. The van der Waals surface area contributed by atoms with Crippen LogP contribution in [0.3, 0.4) is 0 Å². The zero-order chi connectivity index (χ0) is 25.0. The molecule has 4 aliphatic rings. The molecule has 10 heteroatoms. The summed E-state index contributed by atoms with van der Waals surface area (Å²) in [4.78, 5) is 64.5. The summed E-state index contributed by atoms with van der Waals surface area (Å²) in [7, 11) is 0. The Morgan fingerprint density at radius 2 is 1.83 bits per heavy atom. The Hall–Kier alpha value is -3.37. The lowest BCUT2D eigenvalue weighted by atomic mass is 9.59. The number of carbonyl (C=O) groups excluding carboxylic acids is 5. The van der Waals surface area contributed by atoms with Crippen LogP contribution in [0.2, 0.25) is 0 Å². The van der Waals surface area contributed by atoms with Gasteiger partial charge in [0.1, 0.15) is 12.4 Å². The topological polar surface area (TPSA) is 144 Å². The number of rotatable bonds is 4. The number of halogens is 1. The number of hydrogen-bond donors (Lipinski definition) is 2. The quantitative estimate of drug-likeness (QED) is 0.337. The van der Waals surface area contributed by atoms with Crippen molar-refractivity contribution in [2.45, 2.75) is 18.8 Å². The standard InChI is InChI=1S/C25H21BrN2O7/c26-17-10-18(30)21-16(22(17)31)9-15-13(19(21)11-1-3-12(4-2-11)35-8-7-29)5-6-14-20(15)24(33)28(23(14)32)25(27)34/h1-5,10,14-15,19-20,29H,6-9H2,(H2,27,34). The molecule has 9 nitrogen and oxygen atoms in total. The Morgan fingerprint density at radius 1 is 1.11 bits per heavy atom. The Morgan fingerprint density at radius 3 is 2.49 bits per heavy atom. The van der Waals surface area contributed by atoms with Gasteiger partial charge in [0.15, 0.2) is 11.6 Å². The molecule has 0 bridgehead atoms. The number of nitrogens with zero attached hydrogens (tertiary/aromatic N) is 1. The number of amides is 4. The lowest BCUT2D eigenvalue weighted by Crippen LogP contribution is -2.42. The van der Waals surface area contributed by atoms with Crippen molar-refractivity contribution in [2.24, 2.45) is 23.5 Å². The maximum absolute atomic E-state index is 13.2. The minimum absolute atomic E-state index is 0.107. The van der Waals surface area contributed by atoms with Crippen LogP contribution in [0.5, 0.6) is 5.75 Å². The number of primary amides is 1. The van der Waals surface area contributed by atoms with Crippen molar-refractivity contribution >= 4 is 45.3 Å². The molecule has 180 valence electrons. The van der Waals surface area contributed by atoms with E-state index in [0.29, 0.717) is 21.8 Å². The van der Waals surface area contributed by atoms with Gasteiger partial charge in [-0.25, -0.2) is 4.79 Å². The maximum atomic E-state index is 13.2. The smallest absolute Gasteiger partial charge is 0.328 e. The van der Waals surface area contributed by atoms with E-state index in [1.807, 2.05) is 6.08 Å². The molecule has 1 aromatic rings. The van der Waals surface area contributed by atoms with Gasteiger partial charge in [-0.05, 0) is 52.4 Å². The molecule has 0 spiro atoms. The number of ketones is 2. The number of allylic oxidation sites excluding steroid dienone is 6. The van der Waals surface area contributed by atoms with E-state index in [1.165, 1.54) is 6.08 Å². The van der Waals surface area contributed by atoms with Gasteiger partial charge in [0.25, 0.3) is 0 Å². The van der Waals surface area contributed by atoms with Crippen molar-refractivity contribution < 1.29 is 33.8 Å². The summed E-state index contributed by atoms with van der Waals surface area (Å²) >= 11 is 3.17. The summed E-state index contributed by atoms with van der Waals surface area (Å²) in [5, 5.41) is 8.99. The Bertz CT molecular complexity index is 1280. The molecule has 0 saturated carbocycles. The van der Waals surface area contributed by atoms with E-state index in [-0.39, 0.29) is 42.1 Å². The highest BCUT2D eigenvalue weighted by atomic mass is 79.9. The van der Waals surface area contributed by atoms with Crippen molar-refractivity contribution in [1.82, 2.24) is 4.90 Å². The van der Waals surface area contributed by atoms with Gasteiger partial charge in [0, 0.05) is 23.1 Å². The largest absolute Gasteiger partial charge is 0.491 e. The normalized spacial score (nSPS) is 27.8. The van der Waals surface area contributed by atoms with Gasteiger partial charge in [-0.15, -0.1) is 0 Å². The first-order chi connectivity index (χ1) is 16.7. The number of Topliss-reactive ketones (excluding diaryl/α,β-unsaturated/α-hetero) is 1. The number of aliphatic hydroxyl groups excluding tert-OH is 1. The molecule has 1 heterocycles. The predicted molar refractivity (Wildman–Crippen MR) is 125 cm³/mol. The van der Waals surface area contributed by atoms with Crippen LogP contribution in [0, 0.1) is 17.8 Å². The lowest BCUT2D eigenvalue weighted by Gasteiger charge is -2.42. The Labute approximate surface area is 208 Å². The molecule has 1 fully saturated rings. The molecule has 3 N–H and O–H groups in total. The summed E-state index contributed by atoms with van der Waals surface area (Å²) < 4.78 is 5.57. The fourth-order valence-corrected chi connectivity index (χ4v) is 6.17. The third kappa shape index (κ3) is 3.59. The lowest BCUT2D eigenvalue weighted by molar-refractivity contribution is -0.136. The number of hydrogen-bond acceptors (Lipinski definition) is 7. The van der Waals surface area contributed by atoms with Crippen molar-refractivity contribution in [3.63, 3.8) is 0 Å². The third-order valence-electron chi connectivity index (χ3n) is 7.13. The Balaban J connectivity index is 1.62. The first-order valence-electron chi connectivity index (χ1n) is 11.1. The first kappa shape index (κ1) is 23.4. The number of ether oxygens (including phenoxy) is 1. The minimum atomic E-state index is -1.11. The van der Waals surface area contributed by atoms with Gasteiger partial charge in [0.2, 0.25) is 11.8 Å². The molecule has 1 aromatic carbocycles. The van der Waals surface area contributed by atoms with Crippen molar-refractivity contribution in [2.75, 3.05) is 13.2 Å². The molecular weight excluding hydrogens is 520 g/mol. The van der Waals surface area contributed by atoms with E-state index in [0.717, 1.165) is 11.1 Å². The molecule has 4 atom stereocenters. The monoisotopic (exact) mass is 540 g/mol. The molecule has 1 saturated heterocycles. The molecule has 5 rings (SSSR count). The molecule has 0 radical (unpaired) electrons. The van der Waals surface area contributed by atoms with Gasteiger partial charge in [-0.3, -0.25) is 19.2 Å². The number of urea groups is 1. The fourth-order valence-electron chi connectivity index (χ4n) is 5.72. The Kier molecular flexibility index (Phi) is 5.80. The van der Waals surface area contributed by atoms with Gasteiger partial charge in [-0.2, -0.15) is 4.90 Å². The number of fused-ring (bicyclic) bond motifs is 3. The average molecular weight is 541 g/mol. The van der Waals surface area contributed by atoms with Crippen LogP contribution in [0.25, 0.3) is 0 Å². The van der Waals surface area contributed by atoms with Crippen LogP contribution >= 0.6 is 15.9 Å². The summed E-state index contributed by atoms with van der Waals surface area (Å²) in [6, 6.07) is 5.86. The van der Waals surface area contributed by atoms with Crippen LogP contribution < -0.4 is 10.5 Å². The summed E-state index contributed by atoms with van der Waals surface area (Å²) in [6.45, 7) is -0.00266. The van der Waals surface area contributed by atoms with E-state index < -0.39 is 41.5 Å². The van der Waals surface area contributed by atoms with Gasteiger partial charge in [-0.1, -0.05) is 23.8 Å². The van der Waals surface area contributed by atoms with Crippen LogP contribution in [0.15, 0.2) is 57.6 Å². The van der Waals surface area contributed by atoms with Crippen LogP contribution in [0.4, 0.5) is 4.79 Å². The van der Waals surface area contributed by atoms with Crippen LogP contribution in [0.1, 0.15) is 24.3 Å². The summed E-state index contributed by atoms with van der Waals surface area (Å²) in [6.07, 6.45) is 3.45. The second kappa shape index (κ2) is 8.69. The number of likely N-dealkylation sites (tertiary alicyclic amines) is 1. The van der Waals surface area contributed by atoms with Gasteiger partial charge < -0.3 is 15.6 Å². The minimum Gasteiger partial charge on any atom is -0.491 e. The van der Waals surface area contributed by atoms with E-state index in [9.17, 15) is 24.0 Å². The molecule has 0 aromatic heterocycles. The zero-order valence-electron chi connectivity index (χ0n) is 18.4. The van der Waals surface area contributed by atoms with E-state index in [2.05, 4.69) is 15.9 Å². The van der Waals surface area contributed by atoms with Crippen LogP contribution in [-0.2, 0) is 19.2 Å². The molecule has 35 heavy (non-hydrogen) atoms. The zero-order valence-corrected chi connectivity index (χ0v) is 20.0. The molecule has 3 aliphatic carbocycles.